The molecule has 0 aliphatic carbocycles. The van der Waals surface area contributed by atoms with E-state index in [1.807, 2.05) is 26.8 Å². The van der Waals surface area contributed by atoms with Crippen molar-refractivity contribution in [3.63, 3.8) is 0 Å². The third kappa shape index (κ3) is 3.54. The van der Waals surface area contributed by atoms with E-state index in [2.05, 4.69) is 40.0 Å². The summed E-state index contributed by atoms with van der Waals surface area (Å²) in [6, 6.07) is 10.4. The van der Waals surface area contributed by atoms with Crippen LogP contribution in [0.2, 0.25) is 0 Å². The van der Waals surface area contributed by atoms with Gasteiger partial charge in [-0.1, -0.05) is 17.7 Å². The Morgan fingerprint density at radius 2 is 1.65 bits per heavy atom. The molecule has 1 aliphatic heterocycles. The monoisotopic (exact) mass is 414 g/mol. The standard InChI is InChI=1S/C24H22N4O3/c1-14-5-6-21(15(2)11-14)27-16(3)12-18(17(27)4)13-20-22(29)26-24(31)28(23(20)30)19-7-9-25-10-8-19/h5-13H,1-4H3,(H,26,29,31)/b20-13+. The minimum atomic E-state index is -0.779. The van der Waals surface area contributed by atoms with Crippen LogP contribution >= 0.6 is 0 Å². The van der Waals surface area contributed by atoms with E-state index >= 15 is 0 Å². The molecule has 156 valence electrons. The van der Waals surface area contributed by atoms with Crippen molar-refractivity contribution in [3.8, 4) is 5.69 Å². The highest BCUT2D eigenvalue weighted by Crippen LogP contribution is 2.27. The van der Waals surface area contributed by atoms with Gasteiger partial charge in [0.2, 0.25) is 0 Å². The van der Waals surface area contributed by atoms with E-state index in [-0.39, 0.29) is 5.57 Å². The zero-order valence-corrected chi connectivity index (χ0v) is 17.8. The lowest BCUT2D eigenvalue weighted by atomic mass is 10.1. The normalized spacial score (nSPS) is 15.5. The molecule has 0 unspecified atom stereocenters. The summed E-state index contributed by atoms with van der Waals surface area (Å²) in [6.45, 7) is 8.01. The van der Waals surface area contributed by atoms with E-state index < -0.39 is 17.8 Å². The smallest absolute Gasteiger partial charge is 0.318 e. The minimum Gasteiger partial charge on any atom is -0.318 e. The number of amides is 4. The molecule has 0 bridgehead atoms. The first-order valence-corrected chi connectivity index (χ1v) is 9.86. The third-order valence-electron chi connectivity index (χ3n) is 5.39. The van der Waals surface area contributed by atoms with Crippen molar-refractivity contribution < 1.29 is 14.4 Å². The molecule has 3 heterocycles. The molecule has 1 fully saturated rings. The van der Waals surface area contributed by atoms with Crippen molar-refractivity contribution in [3.05, 3.63) is 82.4 Å². The molecule has 1 saturated heterocycles. The molecule has 0 radical (unpaired) electrons. The van der Waals surface area contributed by atoms with Crippen LogP contribution in [-0.4, -0.2) is 27.4 Å². The van der Waals surface area contributed by atoms with E-state index in [4.69, 9.17) is 0 Å². The molecule has 1 aromatic carbocycles. The number of benzene rings is 1. The maximum absolute atomic E-state index is 13.1. The van der Waals surface area contributed by atoms with E-state index in [9.17, 15) is 14.4 Å². The second-order valence-corrected chi connectivity index (χ2v) is 7.62. The average molecular weight is 414 g/mol. The van der Waals surface area contributed by atoms with E-state index in [0.29, 0.717) is 5.69 Å². The van der Waals surface area contributed by atoms with Crippen LogP contribution in [0.3, 0.4) is 0 Å². The Morgan fingerprint density at radius 3 is 2.32 bits per heavy atom. The highest BCUT2D eigenvalue weighted by atomic mass is 16.2. The van der Waals surface area contributed by atoms with Gasteiger partial charge in [-0.3, -0.25) is 19.9 Å². The summed E-state index contributed by atoms with van der Waals surface area (Å²) in [4.78, 5) is 42.7. The fourth-order valence-corrected chi connectivity index (χ4v) is 3.90. The Bertz CT molecular complexity index is 1260. The predicted octanol–water partition coefficient (Wildman–Crippen LogP) is 3.77. The highest BCUT2D eigenvalue weighted by molar-refractivity contribution is 6.39. The third-order valence-corrected chi connectivity index (χ3v) is 5.39. The quantitative estimate of drug-likeness (QED) is 0.522. The van der Waals surface area contributed by atoms with Crippen LogP contribution in [0.15, 0.2) is 54.4 Å². The second-order valence-electron chi connectivity index (χ2n) is 7.62. The number of aromatic nitrogens is 2. The summed E-state index contributed by atoms with van der Waals surface area (Å²) in [6.07, 6.45) is 4.50. The Balaban J connectivity index is 1.78. The minimum absolute atomic E-state index is 0.0997. The molecule has 3 aromatic rings. The molecule has 1 N–H and O–H groups in total. The zero-order valence-electron chi connectivity index (χ0n) is 17.8. The Labute approximate surface area is 180 Å². The van der Waals surface area contributed by atoms with Crippen LogP contribution in [0.4, 0.5) is 10.5 Å². The van der Waals surface area contributed by atoms with Crippen LogP contribution in [-0.2, 0) is 9.59 Å². The van der Waals surface area contributed by atoms with Crippen molar-refractivity contribution in [2.75, 3.05) is 4.90 Å². The van der Waals surface area contributed by atoms with Gasteiger partial charge in [-0.2, -0.15) is 0 Å². The lowest BCUT2D eigenvalue weighted by molar-refractivity contribution is -0.122. The molecular formula is C24H22N4O3. The molecule has 0 atom stereocenters. The average Bonchev–Trinajstić information content (AvgIpc) is 2.99. The van der Waals surface area contributed by atoms with Crippen LogP contribution in [0.25, 0.3) is 11.8 Å². The molecule has 31 heavy (non-hydrogen) atoms. The number of hydrogen-bond donors (Lipinski definition) is 1. The van der Waals surface area contributed by atoms with E-state index in [0.717, 1.165) is 33.1 Å². The SMILES string of the molecule is Cc1ccc(-n2c(C)cc(/C=C3\C(=O)NC(=O)N(c4ccncc4)C3=O)c2C)c(C)c1. The number of carbonyl (C=O) groups excluding carboxylic acids is 3. The van der Waals surface area contributed by atoms with Gasteiger partial charge < -0.3 is 4.57 Å². The Kier molecular flexibility index (Phi) is 5.02. The second kappa shape index (κ2) is 7.68. The Morgan fingerprint density at radius 1 is 0.935 bits per heavy atom. The molecular weight excluding hydrogens is 392 g/mol. The van der Waals surface area contributed by atoms with Crippen LogP contribution in [0.5, 0.6) is 0 Å². The largest absolute Gasteiger partial charge is 0.335 e. The van der Waals surface area contributed by atoms with Crippen LogP contribution in [0.1, 0.15) is 28.1 Å². The summed E-state index contributed by atoms with van der Waals surface area (Å²) >= 11 is 0. The molecule has 1 aliphatic rings. The first kappa shape index (κ1) is 20.3. The maximum Gasteiger partial charge on any atom is 0.335 e. The zero-order chi connectivity index (χ0) is 22.3. The number of carbonyl (C=O) groups is 3. The first-order chi connectivity index (χ1) is 14.8. The van der Waals surface area contributed by atoms with Gasteiger partial charge in [0.05, 0.1) is 5.69 Å². The van der Waals surface area contributed by atoms with Gasteiger partial charge in [-0.05, 0) is 69.2 Å². The van der Waals surface area contributed by atoms with Crippen molar-refractivity contribution in [2.45, 2.75) is 27.7 Å². The summed E-state index contributed by atoms with van der Waals surface area (Å²) in [5.41, 5.74) is 6.19. The van der Waals surface area contributed by atoms with Crippen molar-refractivity contribution in [1.29, 1.82) is 0 Å². The summed E-state index contributed by atoms with van der Waals surface area (Å²) in [5.74, 6) is -1.38. The van der Waals surface area contributed by atoms with Crippen LogP contribution < -0.4 is 10.2 Å². The first-order valence-electron chi connectivity index (χ1n) is 9.86. The summed E-state index contributed by atoms with van der Waals surface area (Å²) in [7, 11) is 0. The molecule has 7 heteroatoms. The number of urea groups is 1. The topological polar surface area (TPSA) is 84.3 Å². The molecule has 4 amide bonds. The maximum atomic E-state index is 13.1. The number of barbiturate groups is 1. The highest BCUT2D eigenvalue weighted by Gasteiger charge is 2.37. The van der Waals surface area contributed by atoms with Gasteiger partial charge in [-0.25, -0.2) is 9.69 Å². The fraction of sp³-hybridized carbons (Fsp3) is 0.167. The predicted molar refractivity (Wildman–Crippen MR) is 118 cm³/mol. The molecule has 0 spiro atoms. The number of nitrogens with one attached hydrogen (secondary N) is 1. The van der Waals surface area contributed by atoms with Gasteiger partial charge in [0.1, 0.15) is 5.57 Å². The number of rotatable bonds is 3. The van der Waals surface area contributed by atoms with Gasteiger partial charge >= 0.3 is 6.03 Å². The Hall–Kier alpha value is -4.00. The molecule has 7 nitrogen and oxygen atoms in total. The number of nitrogens with zero attached hydrogens (tertiary/aromatic N) is 3. The molecule has 4 rings (SSSR count). The van der Waals surface area contributed by atoms with E-state index in [1.165, 1.54) is 30.1 Å². The van der Waals surface area contributed by atoms with Crippen LogP contribution in [0, 0.1) is 27.7 Å². The van der Waals surface area contributed by atoms with Crippen molar-refractivity contribution in [1.82, 2.24) is 14.9 Å². The molecule has 0 saturated carbocycles. The summed E-state index contributed by atoms with van der Waals surface area (Å²) in [5, 5.41) is 2.25. The number of anilines is 1. The lowest BCUT2D eigenvalue weighted by Gasteiger charge is -2.26. The lowest BCUT2D eigenvalue weighted by Crippen LogP contribution is -2.54. The van der Waals surface area contributed by atoms with Gasteiger partial charge in [0, 0.05) is 29.5 Å². The molecule has 2 aromatic heterocycles. The number of pyridine rings is 1. The van der Waals surface area contributed by atoms with Gasteiger partial charge in [-0.15, -0.1) is 0 Å². The van der Waals surface area contributed by atoms with Crippen molar-refractivity contribution in [2.24, 2.45) is 0 Å². The van der Waals surface area contributed by atoms with Gasteiger partial charge in [0.15, 0.2) is 0 Å². The van der Waals surface area contributed by atoms with Crippen molar-refractivity contribution >= 4 is 29.6 Å². The number of aryl methyl sites for hydroxylation is 3. The number of hydrogen-bond acceptors (Lipinski definition) is 4. The number of imide groups is 2. The van der Waals surface area contributed by atoms with Gasteiger partial charge in [0.25, 0.3) is 11.8 Å². The van der Waals surface area contributed by atoms with E-state index in [1.54, 1.807) is 6.08 Å². The summed E-state index contributed by atoms with van der Waals surface area (Å²) < 4.78 is 2.10. The fourth-order valence-electron chi connectivity index (χ4n) is 3.90.